The van der Waals surface area contributed by atoms with Gasteiger partial charge >= 0.3 is 0 Å². The first-order valence-electron chi connectivity index (χ1n) is 14.7. The van der Waals surface area contributed by atoms with E-state index in [0.717, 1.165) is 75.5 Å². The van der Waals surface area contributed by atoms with Crippen LogP contribution in [0.25, 0.3) is 11.3 Å². The molecule has 4 heteroatoms. The minimum Gasteiger partial charge on any atom is -0.490 e. The maximum absolute atomic E-state index is 6.82. The van der Waals surface area contributed by atoms with Crippen LogP contribution in [-0.4, -0.2) is 35.2 Å². The molecule has 2 heterocycles. The standard InChI is InChI=1S/C34H46N2O2/c1-6-13-25(4)36(23-27-14-10-9-11-15-27)24-31-26(5)35-32(22-33(31)38-30-18-20-37-21-19-30)34-28(7-2)16-12-17-29(34)8-3/h9-12,14-17,22,25,30H,6-8,13,18-21,23-24H2,1-5H3. The van der Waals surface area contributed by atoms with Gasteiger partial charge in [0.15, 0.2) is 0 Å². The lowest BCUT2D eigenvalue weighted by Crippen LogP contribution is -2.33. The highest BCUT2D eigenvalue weighted by Crippen LogP contribution is 2.35. The Balaban J connectivity index is 1.76. The Labute approximate surface area is 230 Å². The lowest BCUT2D eigenvalue weighted by atomic mass is 9.94. The summed E-state index contributed by atoms with van der Waals surface area (Å²) < 4.78 is 12.5. The SMILES string of the molecule is CCCC(C)N(Cc1ccccc1)Cc1c(OC2CCOCC2)cc(-c2c(CC)cccc2CC)nc1C. The Kier molecular flexibility index (Phi) is 10.4. The molecule has 1 atom stereocenters. The Morgan fingerprint density at radius 1 is 0.947 bits per heavy atom. The van der Waals surface area contributed by atoms with Crippen molar-refractivity contribution in [1.82, 2.24) is 9.88 Å². The normalized spacial score (nSPS) is 15.1. The molecule has 4 rings (SSSR count). The first kappa shape index (κ1) is 28.3. The van der Waals surface area contributed by atoms with Crippen molar-refractivity contribution in [3.8, 4) is 17.0 Å². The van der Waals surface area contributed by atoms with Crippen molar-refractivity contribution in [3.63, 3.8) is 0 Å². The molecule has 0 N–H and O–H groups in total. The first-order chi connectivity index (χ1) is 18.5. The van der Waals surface area contributed by atoms with Gasteiger partial charge in [-0.3, -0.25) is 9.88 Å². The van der Waals surface area contributed by atoms with Gasteiger partial charge in [-0.1, -0.05) is 75.7 Å². The van der Waals surface area contributed by atoms with Crippen LogP contribution in [-0.2, 0) is 30.7 Å². The van der Waals surface area contributed by atoms with Crippen molar-refractivity contribution in [2.24, 2.45) is 0 Å². The van der Waals surface area contributed by atoms with Gasteiger partial charge in [-0.2, -0.15) is 0 Å². The van der Waals surface area contributed by atoms with E-state index in [-0.39, 0.29) is 6.10 Å². The predicted octanol–water partition coefficient (Wildman–Crippen LogP) is 7.93. The van der Waals surface area contributed by atoms with Crippen LogP contribution in [0.15, 0.2) is 54.6 Å². The van der Waals surface area contributed by atoms with Crippen molar-refractivity contribution >= 4 is 0 Å². The molecule has 0 aliphatic carbocycles. The van der Waals surface area contributed by atoms with Crippen LogP contribution < -0.4 is 4.74 Å². The van der Waals surface area contributed by atoms with Crippen LogP contribution in [0.2, 0.25) is 0 Å². The van der Waals surface area contributed by atoms with Gasteiger partial charge in [-0.15, -0.1) is 0 Å². The van der Waals surface area contributed by atoms with E-state index in [9.17, 15) is 0 Å². The van der Waals surface area contributed by atoms with E-state index in [0.29, 0.717) is 6.04 Å². The summed E-state index contributed by atoms with van der Waals surface area (Å²) in [6.07, 6.45) is 6.35. The molecule has 3 aromatic rings. The van der Waals surface area contributed by atoms with E-state index in [1.807, 2.05) is 0 Å². The number of hydrogen-bond acceptors (Lipinski definition) is 4. The average Bonchev–Trinajstić information content (AvgIpc) is 2.94. The minimum absolute atomic E-state index is 0.180. The highest BCUT2D eigenvalue weighted by atomic mass is 16.5. The molecular weight excluding hydrogens is 468 g/mol. The lowest BCUT2D eigenvalue weighted by Gasteiger charge is -2.32. The lowest BCUT2D eigenvalue weighted by molar-refractivity contribution is 0.0247. The van der Waals surface area contributed by atoms with E-state index < -0.39 is 0 Å². The van der Waals surface area contributed by atoms with Gasteiger partial charge in [-0.25, -0.2) is 0 Å². The molecule has 204 valence electrons. The average molecular weight is 515 g/mol. The fraction of sp³-hybridized carbons (Fsp3) is 0.500. The molecule has 1 aromatic heterocycles. The summed E-state index contributed by atoms with van der Waals surface area (Å²) >= 11 is 0. The molecule has 1 fully saturated rings. The summed E-state index contributed by atoms with van der Waals surface area (Å²) in [5, 5.41) is 0. The fourth-order valence-electron chi connectivity index (χ4n) is 5.63. The van der Waals surface area contributed by atoms with Gasteiger partial charge in [0.1, 0.15) is 11.9 Å². The van der Waals surface area contributed by atoms with Crippen LogP contribution in [0.3, 0.4) is 0 Å². The van der Waals surface area contributed by atoms with E-state index in [1.54, 1.807) is 0 Å². The quantitative estimate of drug-likeness (QED) is 0.246. The van der Waals surface area contributed by atoms with E-state index in [4.69, 9.17) is 14.5 Å². The van der Waals surface area contributed by atoms with Crippen molar-refractivity contribution in [2.45, 2.75) is 98.4 Å². The van der Waals surface area contributed by atoms with Crippen LogP contribution in [0.4, 0.5) is 0 Å². The molecule has 0 saturated carbocycles. The van der Waals surface area contributed by atoms with Crippen LogP contribution in [0.5, 0.6) is 5.75 Å². The second kappa shape index (κ2) is 13.9. The summed E-state index contributed by atoms with van der Waals surface area (Å²) in [5.41, 5.74) is 8.65. The Morgan fingerprint density at radius 2 is 1.63 bits per heavy atom. The number of aryl methyl sites for hydroxylation is 3. The smallest absolute Gasteiger partial charge is 0.128 e. The highest BCUT2D eigenvalue weighted by molar-refractivity contribution is 5.70. The fourth-order valence-corrected chi connectivity index (χ4v) is 5.63. The van der Waals surface area contributed by atoms with E-state index in [1.165, 1.54) is 34.2 Å². The third-order valence-electron chi connectivity index (χ3n) is 7.93. The summed E-state index contributed by atoms with van der Waals surface area (Å²) in [7, 11) is 0. The summed E-state index contributed by atoms with van der Waals surface area (Å²) in [5.74, 6) is 0.995. The summed E-state index contributed by atoms with van der Waals surface area (Å²) in [6.45, 7) is 14.5. The van der Waals surface area contributed by atoms with Gasteiger partial charge in [0, 0.05) is 54.9 Å². The molecule has 0 spiro atoms. The van der Waals surface area contributed by atoms with Gasteiger partial charge in [0.2, 0.25) is 0 Å². The Bertz CT molecular complexity index is 1130. The topological polar surface area (TPSA) is 34.6 Å². The van der Waals surface area contributed by atoms with Gasteiger partial charge in [0.05, 0.1) is 18.9 Å². The third kappa shape index (κ3) is 7.03. The molecule has 1 aliphatic rings. The number of rotatable bonds is 12. The number of ether oxygens (including phenoxy) is 2. The third-order valence-corrected chi connectivity index (χ3v) is 7.93. The number of benzene rings is 2. The van der Waals surface area contributed by atoms with Crippen LogP contribution in [0.1, 0.15) is 81.3 Å². The van der Waals surface area contributed by atoms with Gasteiger partial charge < -0.3 is 9.47 Å². The monoisotopic (exact) mass is 514 g/mol. The molecule has 0 radical (unpaired) electrons. The zero-order chi connectivity index (χ0) is 26.9. The molecule has 38 heavy (non-hydrogen) atoms. The highest BCUT2D eigenvalue weighted by Gasteiger charge is 2.24. The molecule has 0 bridgehead atoms. The minimum atomic E-state index is 0.180. The zero-order valence-electron chi connectivity index (χ0n) is 24.1. The summed E-state index contributed by atoms with van der Waals surface area (Å²) in [4.78, 5) is 7.84. The maximum atomic E-state index is 6.82. The van der Waals surface area contributed by atoms with Gasteiger partial charge in [-0.05, 0) is 49.8 Å². The molecule has 4 nitrogen and oxygen atoms in total. The molecule has 2 aromatic carbocycles. The van der Waals surface area contributed by atoms with E-state index >= 15 is 0 Å². The molecule has 0 amide bonds. The van der Waals surface area contributed by atoms with E-state index in [2.05, 4.69) is 94.1 Å². The molecule has 1 unspecified atom stereocenters. The van der Waals surface area contributed by atoms with Crippen molar-refractivity contribution in [2.75, 3.05) is 13.2 Å². The van der Waals surface area contributed by atoms with Gasteiger partial charge in [0.25, 0.3) is 0 Å². The zero-order valence-corrected chi connectivity index (χ0v) is 24.1. The number of hydrogen-bond donors (Lipinski definition) is 0. The van der Waals surface area contributed by atoms with Crippen molar-refractivity contribution in [3.05, 3.63) is 82.5 Å². The number of aromatic nitrogens is 1. The predicted molar refractivity (Wildman–Crippen MR) is 158 cm³/mol. The Morgan fingerprint density at radius 3 is 2.26 bits per heavy atom. The second-order valence-corrected chi connectivity index (χ2v) is 10.7. The van der Waals surface area contributed by atoms with Crippen LogP contribution >= 0.6 is 0 Å². The Hall–Kier alpha value is -2.69. The maximum Gasteiger partial charge on any atom is 0.128 e. The molecular formula is C34H46N2O2. The number of nitrogens with zero attached hydrogens (tertiary/aromatic N) is 2. The van der Waals surface area contributed by atoms with Crippen molar-refractivity contribution in [1.29, 1.82) is 0 Å². The number of pyridine rings is 1. The first-order valence-corrected chi connectivity index (χ1v) is 14.7. The second-order valence-electron chi connectivity index (χ2n) is 10.7. The molecule has 1 saturated heterocycles. The molecule has 1 aliphatic heterocycles. The largest absolute Gasteiger partial charge is 0.490 e. The van der Waals surface area contributed by atoms with Crippen molar-refractivity contribution < 1.29 is 9.47 Å². The van der Waals surface area contributed by atoms with Crippen LogP contribution in [0, 0.1) is 6.92 Å². The summed E-state index contributed by atoms with van der Waals surface area (Å²) in [6, 6.07) is 20.2.